The van der Waals surface area contributed by atoms with Crippen LogP contribution in [0, 0.1) is 13.8 Å². The fraction of sp³-hybridized carbons (Fsp3) is 0.438. The first kappa shape index (κ1) is 17.7. The maximum absolute atomic E-state index is 12.2. The Balaban J connectivity index is 1.94. The van der Waals surface area contributed by atoms with E-state index >= 15 is 0 Å². The second-order valence-corrected chi connectivity index (χ2v) is 7.49. The monoisotopic (exact) mass is 351 g/mol. The number of nitrogens with zero attached hydrogens (tertiary/aromatic N) is 2. The zero-order chi connectivity index (χ0) is 16.8. The summed E-state index contributed by atoms with van der Waals surface area (Å²) < 4.78 is 6.64. The van der Waals surface area contributed by atoms with Crippen LogP contribution in [0.15, 0.2) is 22.5 Å². The Morgan fingerprint density at radius 3 is 2.91 bits per heavy atom. The van der Waals surface area contributed by atoms with Gasteiger partial charge in [0, 0.05) is 5.75 Å². The van der Waals surface area contributed by atoms with Crippen molar-refractivity contribution >= 4 is 34.1 Å². The van der Waals surface area contributed by atoms with Gasteiger partial charge in [-0.15, -0.1) is 10.2 Å². The molecular weight excluding hydrogens is 330 g/mol. The average molecular weight is 351 g/mol. The fourth-order valence-electron chi connectivity index (χ4n) is 1.81. The minimum Gasteiger partial charge on any atom is -0.481 e. The van der Waals surface area contributed by atoms with E-state index in [9.17, 15) is 4.79 Å². The van der Waals surface area contributed by atoms with Gasteiger partial charge in [-0.3, -0.25) is 10.1 Å². The topological polar surface area (TPSA) is 64.1 Å². The van der Waals surface area contributed by atoms with Crippen LogP contribution in [0.25, 0.3) is 0 Å². The Morgan fingerprint density at radius 2 is 2.17 bits per heavy atom. The van der Waals surface area contributed by atoms with Crippen LogP contribution in [0.3, 0.4) is 0 Å². The lowest BCUT2D eigenvalue weighted by atomic mass is 10.1. The number of nitrogens with one attached hydrogen (secondary N) is 1. The minimum absolute atomic E-state index is 0.228. The number of anilines is 1. The SMILES string of the molecule is CCCSc1nnc(NC(=O)[C@@H](C)Oc2cccc(C)c2C)s1. The Labute approximate surface area is 144 Å². The van der Waals surface area contributed by atoms with Crippen molar-refractivity contribution in [1.82, 2.24) is 10.2 Å². The van der Waals surface area contributed by atoms with E-state index in [4.69, 9.17) is 4.74 Å². The number of benzene rings is 1. The number of carbonyl (C=O) groups is 1. The molecule has 0 bridgehead atoms. The first-order valence-electron chi connectivity index (χ1n) is 7.51. The summed E-state index contributed by atoms with van der Waals surface area (Å²) in [7, 11) is 0. The molecule has 1 amide bonds. The van der Waals surface area contributed by atoms with E-state index in [-0.39, 0.29) is 5.91 Å². The first-order valence-corrected chi connectivity index (χ1v) is 9.31. The number of aromatic nitrogens is 2. The summed E-state index contributed by atoms with van der Waals surface area (Å²) in [6, 6.07) is 5.81. The lowest BCUT2D eigenvalue weighted by molar-refractivity contribution is -0.122. The number of rotatable bonds is 7. The van der Waals surface area contributed by atoms with Gasteiger partial charge in [0.25, 0.3) is 5.91 Å². The van der Waals surface area contributed by atoms with E-state index in [1.165, 1.54) is 11.3 Å². The average Bonchev–Trinajstić information content (AvgIpc) is 2.97. The molecule has 7 heteroatoms. The van der Waals surface area contributed by atoms with Crippen LogP contribution in [0.1, 0.15) is 31.4 Å². The van der Waals surface area contributed by atoms with Crippen molar-refractivity contribution < 1.29 is 9.53 Å². The van der Waals surface area contributed by atoms with Gasteiger partial charge in [-0.05, 0) is 44.4 Å². The number of thioether (sulfide) groups is 1. The molecule has 1 atom stereocenters. The van der Waals surface area contributed by atoms with Crippen molar-refractivity contribution in [2.24, 2.45) is 0 Å². The summed E-state index contributed by atoms with van der Waals surface area (Å²) in [5.74, 6) is 1.49. The predicted octanol–water partition coefficient (Wildman–Crippen LogP) is 4.06. The largest absolute Gasteiger partial charge is 0.481 e. The van der Waals surface area contributed by atoms with Gasteiger partial charge < -0.3 is 4.74 Å². The molecule has 0 radical (unpaired) electrons. The van der Waals surface area contributed by atoms with Crippen molar-refractivity contribution in [2.75, 3.05) is 11.1 Å². The Bertz CT molecular complexity index is 673. The Kier molecular flexibility index (Phi) is 6.41. The quantitative estimate of drug-likeness (QED) is 0.602. The predicted molar refractivity (Wildman–Crippen MR) is 95.6 cm³/mol. The molecule has 0 unspecified atom stereocenters. The summed E-state index contributed by atoms with van der Waals surface area (Å²) in [6.07, 6.45) is 0.471. The third-order valence-corrected chi connectivity index (χ3v) is 5.47. The van der Waals surface area contributed by atoms with Crippen LogP contribution < -0.4 is 10.1 Å². The van der Waals surface area contributed by atoms with Crippen LogP contribution in [-0.4, -0.2) is 28.0 Å². The van der Waals surface area contributed by atoms with Crippen molar-refractivity contribution in [3.05, 3.63) is 29.3 Å². The normalized spacial score (nSPS) is 12.0. The lowest BCUT2D eigenvalue weighted by Crippen LogP contribution is -2.30. The van der Waals surface area contributed by atoms with E-state index in [0.29, 0.717) is 5.13 Å². The smallest absolute Gasteiger partial charge is 0.266 e. The molecule has 2 aromatic rings. The zero-order valence-corrected chi connectivity index (χ0v) is 15.4. The first-order chi connectivity index (χ1) is 11.0. The number of hydrogen-bond acceptors (Lipinski definition) is 6. The van der Waals surface area contributed by atoms with Crippen LogP contribution in [-0.2, 0) is 4.79 Å². The van der Waals surface area contributed by atoms with E-state index < -0.39 is 6.10 Å². The highest BCUT2D eigenvalue weighted by atomic mass is 32.2. The van der Waals surface area contributed by atoms with Crippen molar-refractivity contribution in [1.29, 1.82) is 0 Å². The third kappa shape index (κ3) is 4.94. The standard InChI is InChI=1S/C16H21N3O2S2/c1-5-9-22-16-19-18-15(23-16)17-14(20)12(4)21-13-8-6-7-10(2)11(13)3/h6-8,12H,5,9H2,1-4H3,(H,17,18,20)/t12-/m1/s1. The van der Waals surface area contributed by atoms with Crippen LogP contribution >= 0.6 is 23.1 Å². The number of aryl methyl sites for hydroxylation is 1. The van der Waals surface area contributed by atoms with Crippen LogP contribution in [0.4, 0.5) is 5.13 Å². The maximum Gasteiger partial charge on any atom is 0.266 e. The van der Waals surface area contributed by atoms with Gasteiger partial charge in [-0.25, -0.2) is 0 Å². The van der Waals surface area contributed by atoms with Crippen molar-refractivity contribution in [3.63, 3.8) is 0 Å². The molecule has 5 nitrogen and oxygen atoms in total. The fourth-order valence-corrected chi connectivity index (χ4v) is 3.49. The van der Waals surface area contributed by atoms with E-state index in [0.717, 1.165) is 33.4 Å². The van der Waals surface area contributed by atoms with Gasteiger partial charge in [-0.1, -0.05) is 42.2 Å². The molecule has 0 spiro atoms. The summed E-state index contributed by atoms with van der Waals surface area (Å²) in [6.45, 7) is 7.84. The van der Waals surface area contributed by atoms with Crippen LogP contribution in [0.5, 0.6) is 5.75 Å². The molecule has 1 aromatic heterocycles. The molecule has 0 fully saturated rings. The van der Waals surface area contributed by atoms with E-state index in [2.05, 4.69) is 22.4 Å². The second-order valence-electron chi connectivity index (χ2n) is 5.17. The molecule has 23 heavy (non-hydrogen) atoms. The Hall–Kier alpha value is -1.60. The maximum atomic E-state index is 12.2. The molecule has 0 aliphatic carbocycles. The highest BCUT2D eigenvalue weighted by molar-refractivity contribution is 8.01. The van der Waals surface area contributed by atoms with Crippen LogP contribution in [0.2, 0.25) is 0 Å². The number of amides is 1. The molecule has 2 rings (SSSR count). The van der Waals surface area contributed by atoms with Gasteiger partial charge in [0.05, 0.1) is 0 Å². The molecule has 0 saturated carbocycles. The lowest BCUT2D eigenvalue weighted by Gasteiger charge is -2.16. The van der Waals surface area contributed by atoms with Crippen molar-refractivity contribution in [3.8, 4) is 5.75 Å². The summed E-state index contributed by atoms with van der Waals surface area (Å²) in [4.78, 5) is 12.2. The van der Waals surface area contributed by atoms with Gasteiger partial charge in [0.2, 0.25) is 5.13 Å². The van der Waals surface area contributed by atoms with E-state index in [1.54, 1.807) is 18.7 Å². The number of hydrogen-bond donors (Lipinski definition) is 1. The summed E-state index contributed by atoms with van der Waals surface area (Å²) >= 11 is 3.03. The molecule has 1 heterocycles. The molecular formula is C16H21N3O2S2. The van der Waals surface area contributed by atoms with Gasteiger partial charge >= 0.3 is 0 Å². The molecule has 0 aliphatic rings. The summed E-state index contributed by atoms with van der Waals surface area (Å²) in [5, 5.41) is 11.3. The van der Waals surface area contributed by atoms with E-state index in [1.807, 2.05) is 32.0 Å². The highest BCUT2D eigenvalue weighted by Gasteiger charge is 2.18. The molecule has 1 N–H and O–H groups in total. The number of ether oxygens (including phenoxy) is 1. The van der Waals surface area contributed by atoms with Gasteiger partial charge in [-0.2, -0.15) is 0 Å². The molecule has 0 saturated heterocycles. The van der Waals surface area contributed by atoms with Gasteiger partial charge in [0.15, 0.2) is 10.4 Å². The molecule has 0 aliphatic heterocycles. The molecule has 124 valence electrons. The van der Waals surface area contributed by atoms with Gasteiger partial charge in [0.1, 0.15) is 5.75 Å². The number of carbonyl (C=O) groups excluding carboxylic acids is 1. The molecule has 1 aromatic carbocycles. The highest BCUT2D eigenvalue weighted by Crippen LogP contribution is 2.26. The Morgan fingerprint density at radius 1 is 1.39 bits per heavy atom. The zero-order valence-electron chi connectivity index (χ0n) is 13.8. The van der Waals surface area contributed by atoms with Crippen molar-refractivity contribution in [2.45, 2.75) is 44.6 Å². The minimum atomic E-state index is -0.605. The second kappa shape index (κ2) is 8.31. The third-order valence-electron chi connectivity index (χ3n) is 3.29. The summed E-state index contributed by atoms with van der Waals surface area (Å²) in [5.41, 5.74) is 2.18.